The van der Waals surface area contributed by atoms with E-state index in [1.54, 1.807) is 19.1 Å². The smallest absolute Gasteiger partial charge is 0.319 e. The molecule has 3 rings (SSSR count). The third kappa shape index (κ3) is 3.54. The molecule has 0 bridgehead atoms. The van der Waals surface area contributed by atoms with Gasteiger partial charge >= 0.3 is 6.03 Å². The fourth-order valence-corrected chi connectivity index (χ4v) is 3.17. The largest absolute Gasteiger partial charge is 0.327 e. The molecule has 0 fully saturated rings. The van der Waals surface area contributed by atoms with Crippen LogP contribution in [0.5, 0.6) is 0 Å². The average molecular weight is 348 g/mol. The van der Waals surface area contributed by atoms with Gasteiger partial charge < -0.3 is 10.6 Å². The Bertz CT molecular complexity index is 859. The van der Waals surface area contributed by atoms with Crippen molar-refractivity contribution in [2.75, 3.05) is 0 Å². The summed E-state index contributed by atoms with van der Waals surface area (Å²) in [7, 11) is 0. The van der Waals surface area contributed by atoms with Crippen molar-refractivity contribution in [1.29, 1.82) is 0 Å². The zero-order valence-electron chi connectivity index (χ0n) is 15.6. The molecule has 0 saturated carbocycles. The summed E-state index contributed by atoms with van der Waals surface area (Å²) in [5.41, 5.74) is 3.91. The van der Waals surface area contributed by atoms with Gasteiger partial charge in [-0.3, -0.25) is 4.79 Å². The van der Waals surface area contributed by atoms with Gasteiger partial charge in [0.1, 0.15) is 0 Å². The SMILES string of the molecule is CC1=C(C(=O)c2ccccc2)[C@H](c2ccc(C(C)(C)C)cc2)NC(=O)N1. The summed E-state index contributed by atoms with van der Waals surface area (Å²) in [6, 6.07) is 16.5. The highest BCUT2D eigenvalue weighted by atomic mass is 16.2. The number of hydrogen-bond acceptors (Lipinski definition) is 2. The van der Waals surface area contributed by atoms with Crippen LogP contribution in [0.4, 0.5) is 4.79 Å². The van der Waals surface area contributed by atoms with E-state index in [2.05, 4.69) is 43.5 Å². The zero-order valence-corrected chi connectivity index (χ0v) is 15.6. The Hall–Kier alpha value is -2.88. The number of rotatable bonds is 3. The lowest BCUT2D eigenvalue weighted by Crippen LogP contribution is -2.45. The number of hydrogen-bond donors (Lipinski definition) is 2. The topological polar surface area (TPSA) is 58.2 Å². The Kier molecular flexibility index (Phi) is 4.68. The Morgan fingerprint density at radius 2 is 1.58 bits per heavy atom. The molecule has 2 N–H and O–H groups in total. The third-order valence-corrected chi connectivity index (χ3v) is 4.66. The summed E-state index contributed by atoms with van der Waals surface area (Å²) < 4.78 is 0. The number of amides is 2. The van der Waals surface area contributed by atoms with Gasteiger partial charge in [0.15, 0.2) is 5.78 Å². The van der Waals surface area contributed by atoms with E-state index in [9.17, 15) is 9.59 Å². The van der Waals surface area contributed by atoms with Crippen LogP contribution in [0.25, 0.3) is 0 Å². The summed E-state index contributed by atoms with van der Waals surface area (Å²) >= 11 is 0. The summed E-state index contributed by atoms with van der Waals surface area (Å²) in [6.07, 6.45) is 0. The molecule has 0 radical (unpaired) electrons. The number of carbonyl (C=O) groups is 2. The lowest BCUT2D eigenvalue weighted by atomic mass is 9.84. The number of carbonyl (C=O) groups excluding carboxylic acids is 2. The molecule has 1 atom stereocenters. The van der Waals surface area contributed by atoms with Crippen LogP contribution in [0.3, 0.4) is 0 Å². The molecule has 1 aliphatic rings. The van der Waals surface area contributed by atoms with Gasteiger partial charge in [-0.2, -0.15) is 0 Å². The molecule has 2 amide bonds. The molecule has 1 heterocycles. The Morgan fingerprint density at radius 1 is 0.962 bits per heavy atom. The van der Waals surface area contributed by atoms with Crippen molar-refractivity contribution in [3.63, 3.8) is 0 Å². The Balaban J connectivity index is 2.02. The summed E-state index contributed by atoms with van der Waals surface area (Å²) in [4.78, 5) is 25.1. The molecule has 0 spiro atoms. The van der Waals surface area contributed by atoms with Crippen molar-refractivity contribution in [3.8, 4) is 0 Å². The number of nitrogens with one attached hydrogen (secondary N) is 2. The lowest BCUT2D eigenvalue weighted by Gasteiger charge is -2.29. The van der Waals surface area contributed by atoms with E-state index in [1.807, 2.05) is 30.3 Å². The second-order valence-electron chi connectivity index (χ2n) is 7.64. The quantitative estimate of drug-likeness (QED) is 0.803. The Labute approximate surface area is 154 Å². The van der Waals surface area contributed by atoms with Gasteiger partial charge in [0.25, 0.3) is 0 Å². The molecule has 0 aliphatic carbocycles. The summed E-state index contributed by atoms with van der Waals surface area (Å²) in [6.45, 7) is 8.24. The van der Waals surface area contributed by atoms with E-state index >= 15 is 0 Å². The summed E-state index contributed by atoms with van der Waals surface area (Å²) in [5.74, 6) is -0.0829. The third-order valence-electron chi connectivity index (χ3n) is 4.66. The first-order valence-electron chi connectivity index (χ1n) is 8.76. The molecule has 134 valence electrons. The first-order chi connectivity index (χ1) is 12.3. The van der Waals surface area contributed by atoms with Crippen molar-refractivity contribution in [2.45, 2.75) is 39.2 Å². The second-order valence-corrected chi connectivity index (χ2v) is 7.64. The lowest BCUT2D eigenvalue weighted by molar-refractivity contribution is 0.102. The maximum Gasteiger partial charge on any atom is 0.319 e. The molecule has 1 aliphatic heterocycles. The molecule has 0 aromatic heterocycles. The molecule has 26 heavy (non-hydrogen) atoms. The van der Waals surface area contributed by atoms with Crippen molar-refractivity contribution < 1.29 is 9.59 Å². The van der Waals surface area contributed by atoms with Gasteiger partial charge in [-0.1, -0.05) is 75.4 Å². The van der Waals surface area contributed by atoms with Crippen LogP contribution in [-0.4, -0.2) is 11.8 Å². The molecule has 4 heteroatoms. The van der Waals surface area contributed by atoms with Crippen molar-refractivity contribution in [2.24, 2.45) is 0 Å². The van der Waals surface area contributed by atoms with Crippen LogP contribution in [0, 0.1) is 0 Å². The van der Waals surface area contributed by atoms with E-state index in [4.69, 9.17) is 0 Å². The van der Waals surface area contributed by atoms with Crippen LogP contribution in [0.15, 0.2) is 65.9 Å². The highest BCUT2D eigenvalue weighted by Gasteiger charge is 2.31. The monoisotopic (exact) mass is 348 g/mol. The van der Waals surface area contributed by atoms with Gasteiger partial charge in [-0.25, -0.2) is 4.79 Å². The predicted molar refractivity (Wildman–Crippen MR) is 103 cm³/mol. The Morgan fingerprint density at radius 3 is 2.15 bits per heavy atom. The molecular formula is C22H24N2O2. The second kappa shape index (κ2) is 6.79. The van der Waals surface area contributed by atoms with Crippen molar-refractivity contribution in [1.82, 2.24) is 10.6 Å². The maximum atomic E-state index is 13.1. The number of urea groups is 1. The van der Waals surface area contributed by atoms with Gasteiger partial charge in [0.2, 0.25) is 0 Å². The molecule has 0 saturated heterocycles. The van der Waals surface area contributed by atoms with E-state index in [1.165, 1.54) is 5.56 Å². The van der Waals surface area contributed by atoms with E-state index < -0.39 is 6.04 Å². The van der Waals surface area contributed by atoms with Gasteiger partial charge in [-0.05, 0) is 23.5 Å². The van der Waals surface area contributed by atoms with E-state index in [0.717, 1.165) is 5.56 Å². The van der Waals surface area contributed by atoms with E-state index in [-0.39, 0.29) is 17.2 Å². The fraction of sp³-hybridized carbons (Fsp3) is 0.273. The van der Waals surface area contributed by atoms with Crippen LogP contribution >= 0.6 is 0 Å². The van der Waals surface area contributed by atoms with Crippen LogP contribution < -0.4 is 10.6 Å². The minimum atomic E-state index is -0.467. The first kappa shape index (κ1) is 17.9. The van der Waals surface area contributed by atoms with E-state index in [0.29, 0.717) is 16.8 Å². The van der Waals surface area contributed by atoms with Crippen LogP contribution in [-0.2, 0) is 5.41 Å². The fourth-order valence-electron chi connectivity index (χ4n) is 3.17. The molecule has 2 aromatic rings. The van der Waals surface area contributed by atoms with Gasteiger partial charge in [0.05, 0.1) is 6.04 Å². The standard InChI is InChI=1S/C22H24N2O2/c1-14-18(20(25)16-8-6-5-7-9-16)19(24-21(26)23-14)15-10-12-17(13-11-15)22(2,3)4/h5-13,19H,1-4H3,(H2,23,24,26)/t19-/m0/s1. The predicted octanol–water partition coefficient (Wildman–Crippen LogP) is 4.49. The minimum absolute atomic E-state index is 0.0460. The first-order valence-corrected chi connectivity index (χ1v) is 8.76. The van der Waals surface area contributed by atoms with Gasteiger partial charge in [0, 0.05) is 16.8 Å². The average Bonchev–Trinajstić information content (AvgIpc) is 2.61. The number of allylic oxidation sites excluding steroid dienone is 1. The molecular weight excluding hydrogens is 324 g/mol. The molecule has 2 aromatic carbocycles. The van der Waals surface area contributed by atoms with Crippen molar-refractivity contribution >= 4 is 11.8 Å². The van der Waals surface area contributed by atoms with Crippen LogP contribution in [0.2, 0.25) is 0 Å². The highest BCUT2D eigenvalue weighted by molar-refractivity contribution is 6.11. The van der Waals surface area contributed by atoms with Crippen LogP contribution in [0.1, 0.15) is 55.2 Å². The minimum Gasteiger partial charge on any atom is -0.327 e. The maximum absolute atomic E-state index is 13.1. The molecule has 4 nitrogen and oxygen atoms in total. The summed E-state index contributed by atoms with van der Waals surface area (Å²) in [5, 5.41) is 5.62. The number of ketones is 1. The zero-order chi connectivity index (χ0) is 18.9. The van der Waals surface area contributed by atoms with Crippen molar-refractivity contribution in [3.05, 3.63) is 82.6 Å². The number of Topliss-reactive ketones (excluding diaryl/α,β-unsaturated/α-hetero) is 1. The highest BCUT2D eigenvalue weighted by Crippen LogP contribution is 2.31. The normalized spacial score (nSPS) is 17.5. The van der Waals surface area contributed by atoms with Gasteiger partial charge in [-0.15, -0.1) is 0 Å². The molecule has 0 unspecified atom stereocenters. The number of benzene rings is 2.